The lowest BCUT2D eigenvalue weighted by molar-refractivity contribution is -0.141. The molecule has 14 nitrogen and oxygen atoms in total. The lowest BCUT2D eigenvalue weighted by Crippen LogP contribution is -2.57. The van der Waals surface area contributed by atoms with E-state index in [2.05, 4.69) is 20.9 Å². The lowest BCUT2D eigenvalue weighted by Gasteiger charge is -2.24. The van der Waals surface area contributed by atoms with Gasteiger partial charge in [0.05, 0.1) is 12.5 Å². The maximum absolute atomic E-state index is 12.9. The second-order valence-electron chi connectivity index (χ2n) is 7.20. The molecule has 4 atom stereocenters. The van der Waals surface area contributed by atoms with Crippen molar-refractivity contribution >= 4 is 47.3 Å². The van der Waals surface area contributed by atoms with Crippen LogP contribution in [0.2, 0.25) is 0 Å². The number of thioether (sulfide) groups is 1. The molecule has 0 aliphatic carbocycles. The number of guanidine groups is 1. The van der Waals surface area contributed by atoms with Crippen LogP contribution in [-0.2, 0) is 24.0 Å². The minimum Gasteiger partial charge on any atom is -0.480 e. The van der Waals surface area contributed by atoms with Gasteiger partial charge in [0, 0.05) is 6.54 Å². The standard InChI is InChI=1S/C18H34N8O6S/c1-9(17(31)32)24-15(29)11(4-3-6-23-18(21)22)26-16(30)12(5-7-33-2)25-14(28)10(19)8-13(20)27/h9-12H,3-8,19H2,1-2H3,(H2,20,27)(H,24,29)(H,25,28)(H,26,30)(H,31,32)(H4,21,22,23). The van der Waals surface area contributed by atoms with Crippen molar-refractivity contribution in [3.05, 3.63) is 0 Å². The Labute approximate surface area is 196 Å². The number of carbonyl (C=O) groups excluding carboxylic acids is 4. The molecule has 0 aromatic carbocycles. The monoisotopic (exact) mass is 490 g/mol. The van der Waals surface area contributed by atoms with Gasteiger partial charge in [0.15, 0.2) is 5.96 Å². The molecule has 0 spiro atoms. The molecule has 0 radical (unpaired) electrons. The Bertz CT molecular complexity index is 731. The van der Waals surface area contributed by atoms with Crippen LogP contribution in [0.5, 0.6) is 0 Å². The SMILES string of the molecule is CSCCC(NC(=O)C(N)CC(N)=O)C(=O)NC(CCCN=C(N)N)C(=O)NC(C)C(=O)O. The highest BCUT2D eigenvalue weighted by molar-refractivity contribution is 7.98. The highest BCUT2D eigenvalue weighted by Crippen LogP contribution is 2.05. The summed E-state index contributed by atoms with van der Waals surface area (Å²) in [5.41, 5.74) is 21.2. The summed E-state index contributed by atoms with van der Waals surface area (Å²) in [5.74, 6) is -3.79. The molecule has 0 saturated carbocycles. The number of nitrogens with zero attached hydrogens (tertiary/aromatic N) is 1. The van der Waals surface area contributed by atoms with Crippen molar-refractivity contribution in [2.45, 2.75) is 56.8 Å². The van der Waals surface area contributed by atoms with Crippen molar-refractivity contribution in [3.63, 3.8) is 0 Å². The predicted molar refractivity (Wildman–Crippen MR) is 124 cm³/mol. The van der Waals surface area contributed by atoms with Gasteiger partial charge in [-0.15, -0.1) is 0 Å². The number of aliphatic carboxylic acids is 1. The first-order valence-corrected chi connectivity index (χ1v) is 11.5. The molecule has 0 bridgehead atoms. The molecule has 188 valence electrons. The van der Waals surface area contributed by atoms with Crippen molar-refractivity contribution in [3.8, 4) is 0 Å². The van der Waals surface area contributed by atoms with E-state index in [1.54, 1.807) is 0 Å². The van der Waals surface area contributed by atoms with Crippen LogP contribution in [0.1, 0.15) is 32.6 Å². The zero-order valence-electron chi connectivity index (χ0n) is 18.7. The topological polar surface area (TPSA) is 258 Å². The molecule has 0 aliphatic rings. The number of primary amides is 1. The highest BCUT2D eigenvalue weighted by atomic mass is 32.2. The number of carbonyl (C=O) groups is 5. The van der Waals surface area contributed by atoms with E-state index in [9.17, 15) is 24.0 Å². The number of hydrogen-bond donors (Lipinski definition) is 8. The van der Waals surface area contributed by atoms with Crippen molar-refractivity contribution in [2.75, 3.05) is 18.6 Å². The number of rotatable bonds is 16. The third kappa shape index (κ3) is 13.2. The van der Waals surface area contributed by atoms with Gasteiger partial charge >= 0.3 is 5.97 Å². The van der Waals surface area contributed by atoms with E-state index < -0.39 is 60.2 Å². The van der Waals surface area contributed by atoms with Crippen LogP contribution < -0.4 is 38.9 Å². The van der Waals surface area contributed by atoms with Gasteiger partial charge in [-0.05, 0) is 38.2 Å². The normalized spacial score (nSPS) is 14.2. The van der Waals surface area contributed by atoms with E-state index in [4.69, 9.17) is 28.0 Å². The molecule has 15 heteroatoms. The Balaban J connectivity index is 5.40. The number of nitrogens with two attached hydrogens (primary N) is 4. The van der Waals surface area contributed by atoms with E-state index in [1.807, 2.05) is 6.26 Å². The minimum absolute atomic E-state index is 0.102. The van der Waals surface area contributed by atoms with Crippen molar-refractivity contribution < 1.29 is 29.1 Å². The van der Waals surface area contributed by atoms with E-state index in [1.165, 1.54) is 18.7 Å². The van der Waals surface area contributed by atoms with Gasteiger partial charge in [-0.1, -0.05) is 0 Å². The first-order chi connectivity index (χ1) is 15.4. The number of amides is 4. The average molecular weight is 491 g/mol. The summed E-state index contributed by atoms with van der Waals surface area (Å²) in [6, 6.07) is -4.58. The van der Waals surface area contributed by atoms with Gasteiger partial charge in [0.25, 0.3) is 0 Å². The number of carboxylic acids is 1. The number of hydrogen-bond acceptors (Lipinski definition) is 8. The van der Waals surface area contributed by atoms with Gasteiger partial charge in [-0.3, -0.25) is 29.0 Å². The van der Waals surface area contributed by atoms with Crippen molar-refractivity contribution in [2.24, 2.45) is 27.9 Å². The summed E-state index contributed by atoms with van der Waals surface area (Å²) in [7, 11) is 0. The Kier molecular flexibility index (Phi) is 14.2. The highest BCUT2D eigenvalue weighted by Gasteiger charge is 2.29. The molecule has 0 rings (SSSR count). The maximum atomic E-state index is 12.9. The summed E-state index contributed by atoms with van der Waals surface area (Å²) in [6.45, 7) is 1.46. The molecule has 4 amide bonds. The minimum atomic E-state index is -1.25. The second kappa shape index (κ2) is 15.7. The number of carboxylic acid groups (broad SMARTS) is 1. The molecule has 0 heterocycles. The predicted octanol–water partition coefficient (Wildman–Crippen LogP) is -3.45. The van der Waals surface area contributed by atoms with Gasteiger partial charge < -0.3 is 44.0 Å². The van der Waals surface area contributed by atoms with Crippen LogP contribution in [0.25, 0.3) is 0 Å². The van der Waals surface area contributed by atoms with E-state index in [0.717, 1.165) is 0 Å². The Morgan fingerprint density at radius 2 is 1.48 bits per heavy atom. The van der Waals surface area contributed by atoms with E-state index in [0.29, 0.717) is 12.2 Å². The maximum Gasteiger partial charge on any atom is 0.325 e. The summed E-state index contributed by atoms with van der Waals surface area (Å²) >= 11 is 1.43. The van der Waals surface area contributed by atoms with Gasteiger partial charge in [0.2, 0.25) is 23.6 Å². The third-order valence-electron chi connectivity index (χ3n) is 4.31. The summed E-state index contributed by atoms with van der Waals surface area (Å²) < 4.78 is 0. The second-order valence-corrected chi connectivity index (χ2v) is 8.18. The van der Waals surface area contributed by atoms with Gasteiger partial charge in [-0.2, -0.15) is 11.8 Å². The first-order valence-electron chi connectivity index (χ1n) is 10.1. The third-order valence-corrected chi connectivity index (χ3v) is 4.95. The molecule has 0 fully saturated rings. The molecule has 33 heavy (non-hydrogen) atoms. The lowest BCUT2D eigenvalue weighted by atomic mass is 10.1. The van der Waals surface area contributed by atoms with Crippen LogP contribution in [-0.4, -0.2) is 83.4 Å². The largest absolute Gasteiger partial charge is 0.480 e. The Morgan fingerprint density at radius 3 is 2.00 bits per heavy atom. The first kappa shape index (κ1) is 29.9. The summed E-state index contributed by atoms with van der Waals surface area (Å²) in [6.07, 6.45) is 2.04. The quantitative estimate of drug-likeness (QED) is 0.0602. The Hall–Kier alpha value is -3.07. The fourth-order valence-corrected chi connectivity index (χ4v) is 2.98. The molecular weight excluding hydrogens is 456 g/mol. The number of nitrogens with one attached hydrogen (secondary N) is 3. The van der Waals surface area contributed by atoms with Gasteiger partial charge in [-0.25, -0.2) is 0 Å². The number of aliphatic imine (C=N–C) groups is 1. The molecule has 0 aromatic rings. The van der Waals surface area contributed by atoms with Crippen molar-refractivity contribution in [1.82, 2.24) is 16.0 Å². The fourth-order valence-electron chi connectivity index (χ4n) is 2.51. The van der Waals surface area contributed by atoms with Crippen LogP contribution in [0.15, 0.2) is 4.99 Å². The van der Waals surface area contributed by atoms with E-state index >= 15 is 0 Å². The summed E-state index contributed by atoms with van der Waals surface area (Å²) in [5, 5.41) is 16.3. The van der Waals surface area contributed by atoms with Crippen LogP contribution >= 0.6 is 11.8 Å². The van der Waals surface area contributed by atoms with Crippen molar-refractivity contribution in [1.29, 1.82) is 0 Å². The molecule has 4 unspecified atom stereocenters. The van der Waals surface area contributed by atoms with E-state index in [-0.39, 0.29) is 25.3 Å². The van der Waals surface area contributed by atoms with Gasteiger partial charge in [0.1, 0.15) is 18.1 Å². The smallest absolute Gasteiger partial charge is 0.325 e. The zero-order valence-corrected chi connectivity index (χ0v) is 19.5. The Morgan fingerprint density at radius 1 is 0.939 bits per heavy atom. The average Bonchev–Trinajstić information content (AvgIpc) is 2.71. The molecule has 0 aromatic heterocycles. The summed E-state index contributed by atoms with van der Waals surface area (Å²) in [4.78, 5) is 63.6. The molecular formula is C18H34N8O6S. The van der Waals surface area contributed by atoms with Crippen LogP contribution in [0, 0.1) is 0 Å². The molecule has 0 saturated heterocycles. The zero-order chi connectivity index (χ0) is 25.6. The fraction of sp³-hybridized carbons (Fsp3) is 0.667. The van der Waals surface area contributed by atoms with Crippen LogP contribution in [0.4, 0.5) is 0 Å². The molecule has 12 N–H and O–H groups in total. The molecule has 0 aliphatic heterocycles. The van der Waals surface area contributed by atoms with Crippen LogP contribution in [0.3, 0.4) is 0 Å².